The Labute approximate surface area is 327 Å². The average Bonchev–Trinajstić information content (AvgIpc) is 3.44. The number of hydrogen-bond donors (Lipinski definition) is 1. The fraction of sp³-hybridized carbons (Fsp3) is 0.500. The predicted octanol–water partition coefficient (Wildman–Crippen LogP) is 6.20. The van der Waals surface area contributed by atoms with Crippen LogP contribution in [0.4, 0.5) is 10.5 Å². The molecule has 1 aromatic heterocycles. The first-order valence-corrected chi connectivity index (χ1v) is 20.9. The van der Waals surface area contributed by atoms with E-state index >= 15 is 0 Å². The van der Waals surface area contributed by atoms with Crippen LogP contribution < -0.4 is 19.1 Å². The van der Waals surface area contributed by atoms with Crippen LogP contribution in [0, 0.1) is 17.8 Å². The second-order valence-electron chi connectivity index (χ2n) is 15.7. The first-order chi connectivity index (χ1) is 26.3. The summed E-state index contributed by atoms with van der Waals surface area (Å²) in [6.45, 7) is 3.59. The lowest BCUT2D eigenvalue weighted by atomic mass is 9.68. The number of hydrogen-bond acceptors (Lipinski definition) is 9. The highest BCUT2D eigenvalue weighted by Gasteiger charge is 2.45. The normalized spacial score (nSPS) is 28.3. The summed E-state index contributed by atoms with van der Waals surface area (Å²) in [4.78, 5) is 44.4. The monoisotopic (exact) mass is 792 g/mol. The summed E-state index contributed by atoms with van der Waals surface area (Å²) in [6.07, 6.45) is 9.52. The number of amides is 3. The smallest absolute Gasteiger partial charge is 0.409 e. The number of anilines is 1. The minimum absolute atomic E-state index is 0.0541. The number of fused-ring (bicyclic) bond motifs is 4. The number of carbonyl (C=O) groups is 3. The highest BCUT2D eigenvalue weighted by atomic mass is 35.5. The van der Waals surface area contributed by atoms with Crippen molar-refractivity contribution in [2.75, 3.05) is 51.6 Å². The fourth-order valence-corrected chi connectivity index (χ4v) is 10.5. The van der Waals surface area contributed by atoms with Crippen LogP contribution in [0.5, 0.6) is 11.6 Å². The Morgan fingerprint density at radius 3 is 2.73 bits per heavy atom. The second kappa shape index (κ2) is 15.5. The average molecular weight is 793 g/mol. The number of rotatable bonds is 4. The number of nitrogens with zero attached hydrogens (tertiary/aromatic N) is 5. The molecule has 13 nitrogen and oxygen atoms in total. The van der Waals surface area contributed by atoms with Gasteiger partial charge in [0.25, 0.3) is 11.8 Å². The molecule has 3 heterocycles. The molecule has 4 aliphatic rings. The molecule has 2 aromatic carbocycles. The van der Waals surface area contributed by atoms with E-state index in [0.29, 0.717) is 36.9 Å². The Kier molecular flexibility index (Phi) is 10.9. The van der Waals surface area contributed by atoms with Crippen molar-refractivity contribution in [2.45, 2.75) is 57.0 Å². The van der Waals surface area contributed by atoms with Gasteiger partial charge in [-0.25, -0.2) is 9.00 Å². The zero-order chi connectivity index (χ0) is 39.1. The molecule has 0 saturated heterocycles. The van der Waals surface area contributed by atoms with Crippen LogP contribution >= 0.6 is 11.6 Å². The maximum Gasteiger partial charge on any atom is 0.409 e. The Morgan fingerprint density at radius 2 is 1.98 bits per heavy atom. The number of benzene rings is 2. The van der Waals surface area contributed by atoms with Gasteiger partial charge in [0.05, 0.1) is 25.2 Å². The molecule has 2 aliphatic heterocycles. The van der Waals surface area contributed by atoms with E-state index in [4.69, 9.17) is 25.8 Å². The van der Waals surface area contributed by atoms with Crippen LogP contribution in [0.2, 0.25) is 5.02 Å². The fourth-order valence-electron chi connectivity index (χ4n) is 8.44. The SMILES string of the molecule is COc1nn(C)cc1C(=O)N[S@@]1(=O)=NC(=O)c2ccc3c(c2)N(C[C@@H]2CC[C@H]2[C@@H](OC(=O)N(C)C)/C=C/C[C@H](C)C1)C[C@@]1(CCCc2cc(Cl)ccc21)CO3. The molecular weight excluding hydrogens is 744 g/mol. The summed E-state index contributed by atoms with van der Waals surface area (Å²) in [5, 5.41) is 4.85. The molecule has 1 N–H and O–H groups in total. The molecule has 55 heavy (non-hydrogen) atoms. The van der Waals surface area contributed by atoms with Gasteiger partial charge in [-0.3, -0.25) is 19.0 Å². The van der Waals surface area contributed by atoms with Crippen molar-refractivity contribution in [3.8, 4) is 11.6 Å². The quantitative estimate of drug-likeness (QED) is 0.306. The van der Waals surface area contributed by atoms with Crippen molar-refractivity contribution in [2.24, 2.45) is 29.2 Å². The van der Waals surface area contributed by atoms with Crippen molar-refractivity contribution in [3.05, 3.63) is 82.0 Å². The standard InChI is InChI=1S/C40H49ClN6O7S/c1-25-8-6-10-34(54-39(50)45(2)3)30-14-11-28(30)20-47-23-40(17-7-9-26-18-29(41)13-15-32(26)40)24-53-35-16-12-27(19-33(35)47)36(48)43-55(51,22-25)44-37(49)31-21-46(4)42-38(31)52-5/h6,10,12-13,15-16,18-19,21,25,28,30,34H,7-9,11,14,17,20,22-24H2,1-5H3,(H,43,44,48,49,51)/b10-6+/t25-,28-,30+,34-,40-,55-/m0/s1. The first kappa shape index (κ1) is 38.7. The molecule has 1 spiro atoms. The minimum Gasteiger partial charge on any atom is -0.490 e. The first-order valence-electron chi connectivity index (χ1n) is 18.8. The van der Waals surface area contributed by atoms with E-state index in [2.05, 4.69) is 31.2 Å². The van der Waals surface area contributed by atoms with Crippen LogP contribution in [0.15, 0.2) is 59.1 Å². The Hall–Kier alpha value is -4.56. The van der Waals surface area contributed by atoms with Gasteiger partial charge in [-0.15, -0.1) is 9.46 Å². The summed E-state index contributed by atoms with van der Waals surface area (Å²) in [6, 6.07) is 11.3. The van der Waals surface area contributed by atoms with Crippen LogP contribution in [-0.4, -0.2) is 89.6 Å². The highest BCUT2D eigenvalue weighted by molar-refractivity contribution is 7.92. The van der Waals surface area contributed by atoms with Crippen molar-refractivity contribution in [1.29, 1.82) is 0 Å². The molecule has 0 radical (unpaired) electrons. The zero-order valence-corrected chi connectivity index (χ0v) is 33.5. The molecule has 6 atom stereocenters. The van der Waals surface area contributed by atoms with E-state index in [1.165, 1.54) is 34.0 Å². The van der Waals surface area contributed by atoms with Gasteiger partial charge in [0, 0.05) is 62.3 Å². The molecule has 7 rings (SSSR count). The Morgan fingerprint density at radius 1 is 1.16 bits per heavy atom. The Bertz CT molecular complexity index is 2140. The van der Waals surface area contributed by atoms with Crippen molar-refractivity contribution in [1.82, 2.24) is 19.4 Å². The third-order valence-electron chi connectivity index (χ3n) is 11.3. The zero-order valence-electron chi connectivity index (χ0n) is 32.0. The van der Waals surface area contributed by atoms with Crippen molar-refractivity contribution >= 4 is 45.1 Å². The lowest BCUT2D eigenvalue weighted by Crippen LogP contribution is -2.50. The van der Waals surface area contributed by atoms with Gasteiger partial charge in [-0.1, -0.05) is 30.7 Å². The van der Waals surface area contributed by atoms with E-state index in [0.717, 1.165) is 37.8 Å². The van der Waals surface area contributed by atoms with Gasteiger partial charge in [-0.2, -0.15) is 0 Å². The van der Waals surface area contributed by atoms with Crippen LogP contribution in [0.1, 0.15) is 70.9 Å². The maximum atomic E-state index is 14.7. The molecule has 15 heteroatoms. The molecule has 0 unspecified atom stereocenters. The van der Waals surface area contributed by atoms with Gasteiger partial charge < -0.3 is 24.0 Å². The summed E-state index contributed by atoms with van der Waals surface area (Å²) >= 11 is 6.47. The Balaban J connectivity index is 1.32. The molecule has 294 valence electrons. The molecule has 3 aromatic rings. The van der Waals surface area contributed by atoms with Crippen LogP contribution in [0.25, 0.3) is 0 Å². The van der Waals surface area contributed by atoms with Crippen LogP contribution in [-0.2, 0) is 33.5 Å². The number of nitrogens with one attached hydrogen (secondary N) is 1. The molecule has 1 saturated carbocycles. The van der Waals surface area contributed by atoms with Crippen molar-refractivity contribution in [3.63, 3.8) is 0 Å². The van der Waals surface area contributed by atoms with E-state index in [9.17, 15) is 18.6 Å². The van der Waals surface area contributed by atoms with Gasteiger partial charge in [0.15, 0.2) is 0 Å². The molecule has 2 aliphatic carbocycles. The predicted molar refractivity (Wildman–Crippen MR) is 210 cm³/mol. The number of allylic oxidation sites excluding steroid dienone is 1. The molecular formula is C40H49ClN6O7S. The van der Waals surface area contributed by atoms with Crippen LogP contribution in [0.3, 0.4) is 0 Å². The number of ether oxygens (including phenoxy) is 3. The maximum absolute atomic E-state index is 14.7. The minimum atomic E-state index is -3.68. The third-order valence-corrected chi connectivity index (χ3v) is 13.6. The topological polar surface area (TPSA) is 145 Å². The largest absolute Gasteiger partial charge is 0.490 e. The summed E-state index contributed by atoms with van der Waals surface area (Å²) in [5.41, 5.74) is 3.12. The number of halogens is 1. The number of aryl methyl sites for hydroxylation is 2. The van der Waals surface area contributed by atoms with Gasteiger partial charge in [0.1, 0.15) is 27.3 Å². The third kappa shape index (κ3) is 8.07. The summed E-state index contributed by atoms with van der Waals surface area (Å²) in [5.74, 6) is -0.904. The van der Waals surface area contributed by atoms with Gasteiger partial charge in [-0.05, 0) is 97.9 Å². The highest BCUT2D eigenvalue weighted by Crippen LogP contribution is 2.47. The molecule has 1 fully saturated rings. The number of carbonyl (C=O) groups excluding carboxylic acids is 3. The summed E-state index contributed by atoms with van der Waals surface area (Å²) < 4.78 is 40.9. The molecule has 2 bridgehead atoms. The van der Waals surface area contributed by atoms with E-state index in [-0.39, 0.29) is 45.9 Å². The lowest BCUT2D eigenvalue weighted by Gasteiger charge is -2.46. The number of aromatic nitrogens is 2. The lowest BCUT2D eigenvalue weighted by molar-refractivity contribution is 0.0140. The van der Waals surface area contributed by atoms with Crippen molar-refractivity contribution < 1.29 is 32.8 Å². The number of methoxy groups -OCH3 is 1. The van der Waals surface area contributed by atoms with E-state index < -0.39 is 33.9 Å². The van der Waals surface area contributed by atoms with Gasteiger partial charge >= 0.3 is 6.09 Å². The van der Waals surface area contributed by atoms with E-state index in [1.807, 2.05) is 25.1 Å². The summed E-state index contributed by atoms with van der Waals surface area (Å²) in [7, 11) is 2.68. The van der Waals surface area contributed by atoms with Gasteiger partial charge in [0.2, 0.25) is 5.88 Å². The molecule has 3 amide bonds. The second-order valence-corrected chi connectivity index (χ2v) is 18.1. The van der Waals surface area contributed by atoms with E-state index in [1.54, 1.807) is 39.3 Å².